The maximum Gasteiger partial charge on any atom is 0.416 e. The molecule has 1 amide bonds. The number of hydrogen-bond acceptors (Lipinski definition) is 3. The van der Waals surface area contributed by atoms with Gasteiger partial charge in [-0.15, -0.1) is 0 Å². The van der Waals surface area contributed by atoms with E-state index in [0.29, 0.717) is 30.2 Å². The summed E-state index contributed by atoms with van der Waals surface area (Å²) in [5, 5.41) is 2.73. The second-order valence-corrected chi connectivity index (χ2v) is 5.76. The topological polar surface area (TPSA) is 47.6 Å². The van der Waals surface area contributed by atoms with Gasteiger partial charge in [-0.05, 0) is 42.3 Å². The fourth-order valence-corrected chi connectivity index (χ4v) is 2.28. The molecule has 0 saturated carbocycles. The van der Waals surface area contributed by atoms with Gasteiger partial charge in [0, 0.05) is 7.11 Å². The summed E-state index contributed by atoms with van der Waals surface area (Å²) in [4.78, 5) is 12.2. The van der Waals surface area contributed by atoms with Crippen LogP contribution in [0.1, 0.15) is 16.7 Å². The predicted molar refractivity (Wildman–Crippen MR) is 92.3 cm³/mol. The normalized spacial score (nSPS) is 11.3. The molecule has 2 rings (SSSR count). The van der Waals surface area contributed by atoms with Crippen LogP contribution < -0.4 is 10.1 Å². The Balaban J connectivity index is 2.03. The Morgan fingerprint density at radius 3 is 2.38 bits per heavy atom. The number of methoxy groups -OCH3 is 1. The van der Waals surface area contributed by atoms with Crippen LogP contribution in [-0.4, -0.2) is 26.2 Å². The zero-order valence-electron chi connectivity index (χ0n) is 14.5. The van der Waals surface area contributed by atoms with Crippen molar-refractivity contribution in [3.63, 3.8) is 0 Å². The molecular formula is C19H20F3NO3. The number of benzene rings is 2. The van der Waals surface area contributed by atoms with Crippen molar-refractivity contribution in [3.05, 3.63) is 59.2 Å². The molecule has 2 aromatic carbocycles. The van der Waals surface area contributed by atoms with Crippen LogP contribution in [0.25, 0.3) is 0 Å². The van der Waals surface area contributed by atoms with Crippen molar-refractivity contribution in [2.45, 2.75) is 19.5 Å². The van der Waals surface area contributed by atoms with Crippen LogP contribution in [0.15, 0.2) is 42.5 Å². The monoisotopic (exact) mass is 367 g/mol. The van der Waals surface area contributed by atoms with Crippen LogP contribution in [-0.2, 0) is 22.1 Å². The lowest BCUT2D eigenvalue weighted by atomic mass is 10.1. The maximum atomic E-state index is 12.6. The molecule has 7 heteroatoms. The highest BCUT2D eigenvalue weighted by Crippen LogP contribution is 2.29. The first kappa shape index (κ1) is 19.8. The van der Waals surface area contributed by atoms with E-state index in [1.807, 2.05) is 13.0 Å². The second kappa shape index (κ2) is 8.71. The lowest BCUT2D eigenvalue weighted by Gasteiger charge is -2.13. The molecule has 0 saturated heterocycles. The lowest BCUT2D eigenvalue weighted by Crippen LogP contribution is -2.16. The van der Waals surface area contributed by atoms with Gasteiger partial charge in [0.25, 0.3) is 0 Å². The molecule has 26 heavy (non-hydrogen) atoms. The average molecular weight is 367 g/mol. The van der Waals surface area contributed by atoms with E-state index in [1.54, 1.807) is 19.2 Å². The van der Waals surface area contributed by atoms with Crippen molar-refractivity contribution in [2.24, 2.45) is 0 Å². The highest BCUT2D eigenvalue weighted by Gasteiger charge is 2.29. The first-order valence-corrected chi connectivity index (χ1v) is 7.98. The summed E-state index contributed by atoms with van der Waals surface area (Å²) < 4.78 is 48.2. The molecule has 0 unspecified atom stereocenters. The Kier molecular flexibility index (Phi) is 6.63. The van der Waals surface area contributed by atoms with Gasteiger partial charge < -0.3 is 14.8 Å². The average Bonchev–Trinajstić information content (AvgIpc) is 2.57. The molecule has 0 bridgehead atoms. The Bertz CT molecular complexity index is 743. The molecule has 0 aromatic heterocycles. The van der Waals surface area contributed by atoms with Gasteiger partial charge in [0.05, 0.1) is 24.3 Å². The van der Waals surface area contributed by atoms with Crippen molar-refractivity contribution >= 4 is 11.6 Å². The van der Waals surface area contributed by atoms with Crippen molar-refractivity contribution in [3.8, 4) is 5.75 Å². The Morgan fingerprint density at radius 2 is 1.77 bits per heavy atom. The van der Waals surface area contributed by atoms with Crippen molar-refractivity contribution in [1.82, 2.24) is 0 Å². The fraction of sp³-hybridized carbons (Fsp3) is 0.316. The summed E-state index contributed by atoms with van der Waals surface area (Å²) in [6, 6.07) is 9.88. The van der Waals surface area contributed by atoms with Crippen molar-refractivity contribution in [2.75, 3.05) is 25.6 Å². The number of alkyl halides is 3. The first-order chi connectivity index (χ1) is 12.3. The smallest absolute Gasteiger partial charge is 0.416 e. The number of amides is 1. The van der Waals surface area contributed by atoms with Crippen LogP contribution >= 0.6 is 0 Å². The fourth-order valence-electron chi connectivity index (χ4n) is 2.28. The minimum absolute atomic E-state index is 0.0382. The number of halogens is 3. The zero-order chi connectivity index (χ0) is 19.2. The Labute approximate surface area is 149 Å². The molecule has 4 nitrogen and oxygen atoms in total. The first-order valence-electron chi connectivity index (χ1n) is 7.98. The Hall–Kier alpha value is -2.54. The zero-order valence-corrected chi connectivity index (χ0v) is 14.5. The van der Waals surface area contributed by atoms with Gasteiger partial charge in [0.15, 0.2) is 0 Å². The number of rotatable bonds is 7. The molecule has 0 radical (unpaired) electrons. The van der Waals surface area contributed by atoms with Crippen LogP contribution in [0, 0.1) is 6.92 Å². The molecule has 140 valence electrons. The van der Waals surface area contributed by atoms with E-state index in [9.17, 15) is 18.0 Å². The van der Waals surface area contributed by atoms with Crippen molar-refractivity contribution in [1.29, 1.82) is 0 Å². The quantitative estimate of drug-likeness (QED) is 0.746. The number of ether oxygens (including phenoxy) is 2. The minimum Gasteiger partial charge on any atom is -0.489 e. The second-order valence-electron chi connectivity index (χ2n) is 5.76. The standard InChI is InChI=1S/C19H20F3NO3/c1-13-3-8-16(17(11-13)26-10-9-25-2)23-18(24)12-14-4-6-15(7-5-14)19(20,21)22/h3-8,11H,9-10,12H2,1-2H3,(H,23,24). The van der Waals surface area contributed by atoms with Gasteiger partial charge in [0.1, 0.15) is 12.4 Å². The van der Waals surface area contributed by atoms with E-state index >= 15 is 0 Å². The Morgan fingerprint density at radius 1 is 1.08 bits per heavy atom. The number of carbonyl (C=O) groups excluding carboxylic acids is 1. The largest absolute Gasteiger partial charge is 0.489 e. The summed E-state index contributed by atoms with van der Waals surface area (Å²) in [6.07, 6.45) is -4.43. The van der Waals surface area contributed by atoms with Gasteiger partial charge in [0.2, 0.25) is 5.91 Å². The maximum absolute atomic E-state index is 12.6. The van der Waals surface area contributed by atoms with E-state index in [0.717, 1.165) is 17.7 Å². The number of anilines is 1. The van der Waals surface area contributed by atoms with Gasteiger partial charge >= 0.3 is 6.18 Å². The molecular weight excluding hydrogens is 347 g/mol. The third-order valence-corrected chi connectivity index (χ3v) is 3.60. The molecule has 0 aliphatic carbocycles. The molecule has 0 aliphatic rings. The highest BCUT2D eigenvalue weighted by molar-refractivity contribution is 5.93. The van der Waals surface area contributed by atoms with Gasteiger partial charge in [-0.2, -0.15) is 13.2 Å². The third kappa shape index (κ3) is 5.77. The summed E-state index contributed by atoms with van der Waals surface area (Å²) in [6.45, 7) is 2.64. The number of nitrogens with one attached hydrogen (secondary N) is 1. The minimum atomic E-state index is -4.39. The summed E-state index contributed by atoms with van der Waals surface area (Å²) in [5.41, 5.74) is 1.22. The highest BCUT2D eigenvalue weighted by atomic mass is 19.4. The van der Waals surface area contributed by atoms with Crippen LogP contribution in [0.2, 0.25) is 0 Å². The van der Waals surface area contributed by atoms with E-state index in [2.05, 4.69) is 5.32 Å². The van der Waals surface area contributed by atoms with E-state index in [4.69, 9.17) is 9.47 Å². The number of aryl methyl sites for hydroxylation is 1. The summed E-state index contributed by atoms with van der Waals surface area (Å²) in [7, 11) is 1.56. The van der Waals surface area contributed by atoms with E-state index in [1.165, 1.54) is 12.1 Å². The SMILES string of the molecule is COCCOc1cc(C)ccc1NC(=O)Cc1ccc(C(F)(F)F)cc1. The molecule has 0 fully saturated rings. The van der Waals surface area contributed by atoms with E-state index in [-0.39, 0.29) is 12.3 Å². The molecule has 0 atom stereocenters. The molecule has 0 aliphatic heterocycles. The van der Waals surface area contributed by atoms with Gasteiger partial charge in [-0.1, -0.05) is 18.2 Å². The number of hydrogen-bond donors (Lipinski definition) is 1. The van der Waals surface area contributed by atoms with Gasteiger partial charge in [-0.25, -0.2) is 0 Å². The summed E-state index contributed by atoms with van der Waals surface area (Å²) in [5.74, 6) is 0.174. The molecule has 0 spiro atoms. The van der Waals surface area contributed by atoms with Crippen LogP contribution in [0.5, 0.6) is 5.75 Å². The lowest BCUT2D eigenvalue weighted by molar-refractivity contribution is -0.137. The molecule has 0 heterocycles. The summed E-state index contributed by atoms with van der Waals surface area (Å²) >= 11 is 0. The van der Waals surface area contributed by atoms with Crippen molar-refractivity contribution < 1.29 is 27.4 Å². The molecule has 1 N–H and O–H groups in total. The third-order valence-electron chi connectivity index (χ3n) is 3.60. The van der Waals surface area contributed by atoms with Gasteiger partial charge in [-0.3, -0.25) is 4.79 Å². The number of carbonyl (C=O) groups is 1. The van der Waals surface area contributed by atoms with Crippen LogP contribution in [0.3, 0.4) is 0 Å². The molecule has 2 aromatic rings. The van der Waals surface area contributed by atoms with Crippen LogP contribution in [0.4, 0.5) is 18.9 Å². The predicted octanol–water partition coefficient (Wildman–Crippen LogP) is 4.22. The van der Waals surface area contributed by atoms with E-state index < -0.39 is 11.7 Å².